The normalized spacial score (nSPS) is 11.7. The maximum Gasteiger partial charge on any atom is 0.172 e. The summed E-state index contributed by atoms with van der Waals surface area (Å²) >= 11 is 0. The van der Waals surface area contributed by atoms with Crippen molar-refractivity contribution < 1.29 is 8.42 Å². The van der Waals surface area contributed by atoms with Crippen LogP contribution < -0.4 is 5.32 Å². The predicted molar refractivity (Wildman–Crippen MR) is 56.2 cm³/mol. The Morgan fingerprint density at radius 1 is 1.42 bits per heavy atom. The molecule has 0 spiro atoms. The topological polar surface area (TPSA) is 46.2 Å². The van der Waals surface area contributed by atoms with E-state index >= 15 is 0 Å². The summed E-state index contributed by atoms with van der Waals surface area (Å²) in [4.78, 5) is 0. The van der Waals surface area contributed by atoms with Crippen LogP contribution in [0.3, 0.4) is 0 Å². The Labute approximate surface area is 77.6 Å². The fraction of sp³-hybridized carbons (Fsp3) is 0.714. The summed E-state index contributed by atoms with van der Waals surface area (Å²) in [6.07, 6.45) is 1.15. The van der Waals surface area contributed by atoms with Crippen LogP contribution in [0.4, 0.5) is 0 Å². The number of hydrogen-bond donors (Lipinski definition) is 1. The van der Waals surface area contributed by atoms with Gasteiger partial charge in [0.25, 0.3) is 0 Å². The van der Waals surface area contributed by atoms with Crippen molar-refractivity contribution in [3.05, 3.63) is 12.0 Å². The van der Waals surface area contributed by atoms with Gasteiger partial charge in [-0.2, -0.15) is 0 Å². The van der Waals surface area contributed by atoms with Crippen LogP contribution in [-0.4, -0.2) is 37.5 Å². The van der Waals surface area contributed by atoms with Gasteiger partial charge in [-0.1, -0.05) is 12.6 Å². The highest BCUT2D eigenvalue weighted by Crippen LogP contribution is 1.88. The van der Waals surface area contributed by atoms with Crippen molar-refractivity contribution in [1.82, 2.24) is 5.32 Å². The van der Waals surface area contributed by atoms with Gasteiger partial charge in [0.2, 0.25) is 0 Å². The molecule has 0 aliphatic carbocycles. The van der Waals surface area contributed by atoms with Crippen molar-refractivity contribution in [3.8, 4) is 0 Å². The molecule has 72 valence electrons. The van der Waals surface area contributed by atoms with Gasteiger partial charge >= 0.3 is 0 Å². The van der Waals surface area contributed by atoms with E-state index in [0.717, 1.165) is 18.4 Å². The Morgan fingerprint density at radius 3 is 2.58 bits per heavy atom. The average molecular weight is 207 g/mol. The lowest BCUT2D eigenvalue weighted by molar-refractivity contribution is 0.599. The van der Waals surface area contributed by atoms with Gasteiger partial charge in [0, 0.05) is 22.2 Å². The van der Waals surface area contributed by atoms with Gasteiger partial charge in [-0.3, -0.25) is 0 Å². The van der Waals surface area contributed by atoms with Gasteiger partial charge < -0.3 is 5.32 Å². The molecule has 0 unspecified atom stereocenters. The molecule has 0 aliphatic rings. The lowest BCUT2D eigenvalue weighted by atomic mass is 10.5. The van der Waals surface area contributed by atoms with E-state index in [2.05, 4.69) is 11.9 Å². The van der Waals surface area contributed by atoms with Crippen LogP contribution in [0, 0.1) is 0 Å². The molecular formula is C7H17NO2SSi. The van der Waals surface area contributed by atoms with Crippen LogP contribution >= 0.6 is 0 Å². The highest BCUT2D eigenvalue weighted by atomic mass is 32.2. The summed E-state index contributed by atoms with van der Waals surface area (Å²) in [7, 11) is -1.77. The molecule has 0 amide bonds. The fourth-order valence-corrected chi connectivity index (χ4v) is 1.67. The van der Waals surface area contributed by atoms with E-state index in [1.165, 1.54) is 16.3 Å². The number of nitrogens with one attached hydrogen (secondary N) is 1. The van der Waals surface area contributed by atoms with Crippen LogP contribution in [0.25, 0.3) is 0 Å². The van der Waals surface area contributed by atoms with E-state index in [-0.39, 0.29) is 5.75 Å². The molecule has 0 aromatic heterocycles. The van der Waals surface area contributed by atoms with E-state index in [0.29, 0.717) is 6.54 Å². The molecule has 1 N–H and O–H groups in total. The molecule has 0 rings (SSSR count). The van der Waals surface area contributed by atoms with Crippen molar-refractivity contribution in [1.29, 1.82) is 0 Å². The summed E-state index contributed by atoms with van der Waals surface area (Å²) < 4.78 is 21.8. The van der Waals surface area contributed by atoms with Crippen molar-refractivity contribution >= 4 is 20.1 Å². The first-order valence-electron chi connectivity index (χ1n) is 4.18. The summed E-state index contributed by atoms with van der Waals surface area (Å²) in [5, 5.41) is 4.09. The Balaban J connectivity index is 3.38. The number of sulfone groups is 1. The Morgan fingerprint density at radius 2 is 2.08 bits per heavy atom. The van der Waals surface area contributed by atoms with Crippen molar-refractivity contribution in [2.45, 2.75) is 12.5 Å². The molecule has 0 saturated heterocycles. The SMILES string of the molecule is C=CS(=O)(=O)CCNCCC[SiH3]. The van der Waals surface area contributed by atoms with Crippen LogP contribution in [0.5, 0.6) is 0 Å². The van der Waals surface area contributed by atoms with E-state index in [1.807, 2.05) is 0 Å². The minimum atomic E-state index is -3.00. The molecule has 0 heterocycles. The molecule has 0 atom stereocenters. The maximum atomic E-state index is 10.9. The summed E-state index contributed by atoms with van der Waals surface area (Å²) in [6.45, 7) is 4.70. The first-order valence-corrected chi connectivity index (χ1v) is 7.31. The molecule has 3 nitrogen and oxygen atoms in total. The van der Waals surface area contributed by atoms with Crippen LogP contribution in [0.1, 0.15) is 6.42 Å². The van der Waals surface area contributed by atoms with Crippen LogP contribution in [-0.2, 0) is 9.84 Å². The number of hydrogen-bond acceptors (Lipinski definition) is 3. The Kier molecular flexibility index (Phi) is 6.32. The predicted octanol–water partition coefficient (Wildman–Crippen LogP) is -0.692. The zero-order valence-electron chi connectivity index (χ0n) is 7.54. The summed E-state index contributed by atoms with van der Waals surface area (Å²) in [5.41, 5.74) is 0. The first kappa shape index (κ1) is 11.9. The molecular weight excluding hydrogens is 190 g/mol. The minimum Gasteiger partial charge on any atom is -0.316 e. The Hall–Kier alpha value is -0.133. The molecule has 0 aromatic rings. The van der Waals surface area contributed by atoms with Crippen LogP contribution in [0.2, 0.25) is 6.04 Å². The Bertz CT molecular complexity index is 213. The fourth-order valence-electron chi connectivity index (χ4n) is 0.725. The van der Waals surface area contributed by atoms with Gasteiger partial charge in [-0.15, -0.1) is 0 Å². The quantitative estimate of drug-likeness (QED) is 0.444. The molecule has 0 radical (unpaired) electrons. The van der Waals surface area contributed by atoms with Crippen LogP contribution in [0.15, 0.2) is 12.0 Å². The monoisotopic (exact) mass is 207 g/mol. The van der Waals surface area contributed by atoms with Gasteiger partial charge in [0.05, 0.1) is 5.75 Å². The molecule has 12 heavy (non-hydrogen) atoms. The molecule has 5 heteroatoms. The smallest absolute Gasteiger partial charge is 0.172 e. The first-order chi connectivity index (χ1) is 5.62. The molecule has 0 saturated carbocycles. The van der Waals surface area contributed by atoms with E-state index < -0.39 is 9.84 Å². The van der Waals surface area contributed by atoms with Gasteiger partial charge in [-0.25, -0.2) is 8.42 Å². The van der Waals surface area contributed by atoms with Gasteiger partial charge in [0.15, 0.2) is 9.84 Å². The second kappa shape index (κ2) is 6.39. The molecule has 0 aliphatic heterocycles. The summed E-state index contributed by atoms with van der Waals surface area (Å²) in [5.74, 6) is 0.164. The van der Waals surface area contributed by atoms with Crippen molar-refractivity contribution in [2.75, 3.05) is 18.8 Å². The standard InChI is InChI=1S/C7H17NO2SSi/c1-2-11(9,10)6-5-8-4-3-7-12/h2,8H,1,3-7H2,12H3. The van der Waals surface area contributed by atoms with E-state index in [1.54, 1.807) is 0 Å². The van der Waals surface area contributed by atoms with E-state index in [9.17, 15) is 8.42 Å². The van der Waals surface area contributed by atoms with Crippen molar-refractivity contribution in [3.63, 3.8) is 0 Å². The largest absolute Gasteiger partial charge is 0.316 e. The minimum absolute atomic E-state index is 0.164. The third kappa shape index (κ3) is 6.57. The average Bonchev–Trinajstić information content (AvgIpc) is 2.04. The van der Waals surface area contributed by atoms with E-state index in [4.69, 9.17) is 0 Å². The maximum absolute atomic E-state index is 10.9. The molecule has 0 bridgehead atoms. The second-order valence-electron chi connectivity index (χ2n) is 2.64. The van der Waals surface area contributed by atoms with Gasteiger partial charge in [-0.05, 0) is 13.0 Å². The van der Waals surface area contributed by atoms with Gasteiger partial charge in [0.1, 0.15) is 0 Å². The van der Waals surface area contributed by atoms with Crippen molar-refractivity contribution in [2.24, 2.45) is 0 Å². The lowest BCUT2D eigenvalue weighted by Gasteiger charge is -2.01. The molecule has 0 fully saturated rings. The highest BCUT2D eigenvalue weighted by Gasteiger charge is 2.02. The zero-order chi connectivity index (χ0) is 9.45. The number of rotatable bonds is 7. The lowest BCUT2D eigenvalue weighted by Crippen LogP contribution is -2.22. The second-order valence-corrected chi connectivity index (χ2v) is 5.70. The zero-order valence-corrected chi connectivity index (χ0v) is 10.4. The summed E-state index contributed by atoms with van der Waals surface area (Å²) in [6, 6.07) is 1.27. The molecule has 0 aromatic carbocycles. The third-order valence-electron chi connectivity index (χ3n) is 1.52. The third-order valence-corrected chi connectivity index (χ3v) is 3.51. The highest BCUT2D eigenvalue weighted by molar-refractivity contribution is 7.94.